The van der Waals surface area contributed by atoms with Crippen LogP contribution in [-0.2, 0) is 0 Å². The number of ether oxygens (including phenoxy) is 1. The zero-order valence-corrected chi connectivity index (χ0v) is 13.2. The van der Waals surface area contributed by atoms with E-state index in [9.17, 15) is 0 Å². The Balaban J connectivity index is 2.28. The maximum atomic E-state index is 6.13. The first-order chi connectivity index (χ1) is 10.1. The number of rotatable bonds is 6. The topological polar surface area (TPSA) is 72.0 Å². The lowest BCUT2D eigenvalue weighted by Gasteiger charge is -2.10. The fourth-order valence-electron chi connectivity index (χ4n) is 1.54. The maximum absolute atomic E-state index is 6.13. The molecule has 1 aromatic carbocycles. The van der Waals surface area contributed by atoms with Gasteiger partial charge in [0.15, 0.2) is 0 Å². The van der Waals surface area contributed by atoms with Gasteiger partial charge in [0.2, 0.25) is 11.9 Å². The van der Waals surface area contributed by atoms with Crippen LogP contribution in [0, 0.1) is 0 Å². The molecule has 0 radical (unpaired) electrons. The number of benzene rings is 1. The number of hydrogen-bond donors (Lipinski definition) is 2. The molecule has 0 bridgehead atoms. The Morgan fingerprint density at radius 3 is 2.62 bits per heavy atom. The van der Waals surface area contributed by atoms with Crippen molar-refractivity contribution in [3.05, 3.63) is 28.2 Å². The number of nitrogens with one attached hydrogen (secondary N) is 2. The molecule has 1 heterocycles. The smallest absolute Gasteiger partial charge is 0.322 e. The monoisotopic (exact) mass is 327 g/mol. The number of halogens is 2. The summed E-state index contributed by atoms with van der Waals surface area (Å²) in [6.07, 6.45) is 0.955. The molecule has 0 unspecified atom stereocenters. The highest BCUT2D eigenvalue weighted by Crippen LogP contribution is 2.31. The predicted molar refractivity (Wildman–Crippen MR) is 84.9 cm³/mol. The van der Waals surface area contributed by atoms with Gasteiger partial charge in [0.05, 0.1) is 22.8 Å². The summed E-state index contributed by atoms with van der Waals surface area (Å²) >= 11 is 12.1. The van der Waals surface area contributed by atoms with E-state index in [1.165, 1.54) is 7.11 Å². The molecule has 0 aliphatic heterocycles. The van der Waals surface area contributed by atoms with E-state index in [4.69, 9.17) is 27.9 Å². The van der Waals surface area contributed by atoms with E-state index in [1.807, 2.05) is 0 Å². The molecule has 21 heavy (non-hydrogen) atoms. The third-order valence-electron chi connectivity index (χ3n) is 2.53. The van der Waals surface area contributed by atoms with E-state index < -0.39 is 0 Å². The number of aromatic nitrogens is 3. The lowest BCUT2D eigenvalue weighted by Crippen LogP contribution is -2.09. The molecule has 0 saturated carbocycles. The van der Waals surface area contributed by atoms with Crippen LogP contribution in [0.1, 0.15) is 13.3 Å². The second kappa shape index (κ2) is 7.28. The molecular formula is C13H15Cl2N5O. The Morgan fingerprint density at radius 2 is 1.90 bits per heavy atom. The maximum Gasteiger partial charge on any atom is 0.322 e. The summed E-state index contributed by atoms with van der Waals surface area (Å²) in [5.74, 6) is 0.758. The van der Waals surface area contributed by atoms with E-state index in [0.717, 1.165) is 13.0 Å². The molecule has 8 heteroatoms. The zero-order valence-electron chi connectivity index (χ0n) is 11.7. The number of anilines is 3. The molecule has 2 N–H and O–H groups in total. The summed E-state index contributed by atoms with van der Waals surface area (Å²) in [6.45, 7) is 2.81. The van der Waals surface area contributed by atoms with Crippen molar-refractivity contribution in [3.63, 3.8) is 0 Å². The predicted octanol–water partition coefficient (Wildman–Crippen LogP) is 3.75. The minimum Gasteiger partial charge on any atom is -0.467 e. The highest BCUT2D eigenvalue weighted by atomic mass is 35.5. The first-order valence-corrected chi connectivity index (χ1v) is 7.14. The van der Waals surface area contributed by atoms with Gasteiger partial charge in [-0.05, 0) is 18.6 Å². The molecule has 0 spiro atoms. The van der Waals surface area contributed by atoms with Crippen molar-refractivity contribution < 1.29 is 4.74 Å². The lowest BCUT2D eigenvalue weighted by atomic mass is 10.3. The van der Waals surface area contributed by atoms with Crippen LogP contribution in [0.2, 0.25) is 10.0 Å². The zero-order chi connectivity index (χ0) is 15.2. The fourth-order valence-corrected chi connectivity index (χ4v) is 1.89. The molecule has 2 aromatic rings. The highest BCUT2D eigenvalue weighted by molar-refractivity contribution is 6.43. The van der Waals surface area contributed by atoms with Crippen molar-refractivity contribution in [1.29, 1.82) is 0 Å². The van der Waals surface area contributed by atoms with Gasteiger partial charge in [-0.1, -0.05) is 36.2 Å². The molecule has 1 aromatic heterocycles. The summed E-state index contributed by atoms with van der Waals surface area (Å²) < 4.78 is 5.07. The molecule has 2 rings (SSSR count). The van der Waals surface area contributed by atoms with Gasteiger partial charge in [-0.2, -0.15) is 15.0 Å². The number of hydrogen-bond acceptors (Lipinski definition) is 6. The Morgan fingerprint density at radius 1 is 1.14 bits per heavy atom. The van der Waals surface area contributed by atoms with E-state index >= 15 is 0 Å². The third kappa shape index (κ3) is 4.09. The quantitative estimate of drug-likeness (QED) is 0.841. The molecular weight excluding hydrogens is 313 g/mol. The summed E-state index contributed by atoms with van der Waals surface area (Å²) in [6, 6.07) is 5.48. The van der Waals surface area contributed by atoms with Crippen LogP contribution in [0.5, 0.6) is 6.01 Å². The molecule has 0 amide bonds. The molecule has 0 fully saturated rings. The Kier molecular flexibility index (Phi) is 5.41. The van der Waals surface area contributed by atoms with Gasteiger partial charge < -0.3 is 15.4 Å². The molecule has 0 saturated heterocycles. The summed E-state index contributed by atoms with van der Waals surface area (Å²) in [5.41, 5.74) is 0.610. The molecule has 112 valence electrons. The third-order valence-corrected chi connectivity index (χ3v) is 3.35. The van der Waals surface area contributed by atoms with Crippen molar-refractivity contribution in [2.45, 2.75) is 13.3 Å². The van der Waals surface area contributed by atoms with Gasteiger partial charge in [-0.15, -0.1) is 0 Å². The van der Waals surface area contributed by atoms with Gasteiger partial charge in [0.1, 0.15) is 0 Å². The normalized spacial score (nSPS) is 10.3. The minimum absolute atomic E-state index is 0.212. The summed E-state index contributed by atoms with van der Waals surface area (Å²) in [4.78, 5) is 12.5. The van der Waals surface area contributed by atoms with Gasteiger partial charge in [0, 0.05) is 6.54 Å². The largest absolute Gasteiger partial charge is 0.467 e. The second-order valence-electron chi connectivity index (χ2n) is 4.12. The first kappa shape index (κ1) is 15.6. The fraction of sp³-hybridized carbons (Fsp3) is 0.308. The van der Waals surface area contributed by atoms with Gasteiger partial charge in [-0.3, -0.25) is 0 Å². The SMILES string of the molecule is CCCNc1nc(Nc2cccc(Cl)c2Cl)nc(OC)n1. The van der Waals surface area contributed by atoms with Crippen LogP contribution in [0.25, 0.3) is 0 Å². The van der Waals surface area contributed by atoms with E-state index in [1.54, 1.807) is 18.2 Å². The number of methoxy groups -OCH3 is 1. The molecule has 6 nitrogen and oxygen atoms in total. The van der Waals surface area contributed by atoms with Gasteiger partial charge in [0.25, 0.3) is 0 Å². The second-order valence-corrected chi connectivity index (χ2v) is 4.91. The summed E-state index contributed by atoms with van der Waals surface area (Å²) in [5, 5.41) is 6.94. The first-order valence-electron chi connectivity index (χ1n) is 6.39. The van der Waals surface area contributed by atoms with Gasteiger partial charge in [-0.25, -0.2) is 0 Å². The van der Waals surface area contributed by atoms with E-state index in [2.05, 4.69) is 32.5 Å². The van der Waals surface area contributed by atoms with Crippen molar-refractivity contribution in [2.75, 3.05) is 24.3 Å². The van der Waals surface area contributed by atoms with Crippen molar-refractivity contribution in [3.8, 4) is 6.01 Å². The van der Waals surface area contributed by atoms with E-state index in [0.29, 0.717) is 27.6 Å². The number of nitrogens with zero attached hydrogens (tertiary/aromatic N) is 3. The van der Waals surface area contributed by atoms with Gasteiger partial charge >= 0.3 is 6.01 Å². The van der Waals surface area contributed by atoms with Crippen molar-refractivity contribution in [1.82, 2.24) is 15.0 Å². The highest BCUT2D eigenvalue weighted by Gasteiger charge is 2.10. The van der Waals surface area contributed by atoms with Crippen LogP contribution in [0.4, 0.5) is 17.6 Å². The van der Waals surface area contributed by atoms with Crippen LogP contribution < -0.4 is 15.4 Å². The standard InChI is InChI=1S/C13H15Cl2N5O/c1-3-7-16-11-18-12(20-13(19-11)21-2)17-9-6-4-5-8(14)10(9)15/h4-6H,3,7H2,1-2H3,(H2,16,17,18,19,20). The molecule has 0 aliphatic carbocycles. The van der Waals surface area contributed by atoms with Crippen LogP contribution in [0.15, 0.2) is 18.2 Å². The Bertz CT molecular complexity index is 624. The Hall–Kier alpha value is -1.79. The molecule has 0 aliphatic rings. The van der Waals surface area contributed by atoms with Crippen molar-refractivity contribution >= 4 is 40.8 Å². The summed E-state index contributed by atoms with van der Waals surface area (Å²) in [7, 11) is 1.50. The molecule has 0 atom stereocenters. The van der Waals surface area contributed by atoms with Crippen LogP contribution in [0.3, 0.4) is 0 Å². The lowest BCUT2D eigenvalue weighted by molar-refractivity contribution is 0.379. The average Bonchev–Trinajstić information content (AvgIpc) is 2.49. The van der Waals surface area contributed by atoms with Crippen molar-refractivity contribution in [2.24, 2.45) is 0 Å². The minimum atomic E-state index is 0.212. The van der Waals surface area contributed by atoms with E-state index in [-0.39, 0.29) is 6.01 Å². The Labute approximate surface area is 132 Å². The van der Waals surface area contributed by atoms with Crippen LogP contribution in [-0.4, -0.2) is 28.6 Å². The van der Waals surface area contributed by atoms with Crippen LogP contribution >= 0.6 is 23.2 Å². The average molecular weight is 328 g/mol.